The molecule has 1 amide bonds. The van der Waals surface area contributed by atoms with Gasteiger partial charge in [-0.05, 0) is 55.2 Å². The van der Waals surface area contributed by atoms with Gasteiger partial charge in [0, 0.05) is 0 Å². The number of nitrogens with zero attached hydrogens (tertiary/aromatic N) is 5. The second-order valence-corrected chi connectivity index (χ2v) is 7.87. The van der Waals surface area contributed by atoms with Crippen molar-refractivity contribution in [1.29, 1.82) is 0 Å². The zero-order valence-electron chi connectivity index (χ0n) is 15.8. The topological polar surface area (TPSA) is 93.4 Å². The van der Waals surface area contributed by atoms with Gasteiger partial charge >= 0.3 is 0 Å². The van der Waals surface area contributed by atoms with Crippen molar-refractivity contribution >= 4 is 29.5 Å². The molecule has 4 rings (SSSR count). The van der Waals surface area contributed by atoms with Crippen LogP contribution in [0.1, 0.15) is 31.5 Å². The van der Waals surface area contributed by atoms with Crippen LogP contribution in [0.2, 0.25) is 0 Å². The molecule has 0 spiro atoms. The summed E-state index contributed by atoms with van der Waals surface area (Å²) in [4.78, 5) is 17.8. The van der Waals surface area contributed by atoms with Crippen molar-refractivity contribution in [2.24, 2.45) is 0 Å². The van der Waals surface area contributed by atoms with Crippen LogP contribution in [0.15, 0.2) is 54.4 Å². The molecule has 4 aromatic rings. The summed E-state index contributed by atoms with van der Waals surface area (Å²) in [6, 6.07) is 11.0. The van der Waals surface area contributed by atoms with Gasteiger partial charge in [0.2, 0.25) is 5.91 Å². The molecule has 0 saturated heterocycles. The van der Waals surface area contributed by atoms with E-state index in [0.717, 1.165) is 16.1 Å². The van der Waals surface area contributed by atoms with Gasteiger partial charge in [-0.25, -0.2) is 9.67 Å². The number of hydrogen-bond acceptors (Lipinski definition) is 6. The third-order valence-electron chi connectivity index (χ3n) is 4.65. The highest BCUT2D eigenvalue weighted by atomic mass is 32.1. The highest BCUT2D eigenvalue weighted by Crippen LogP contribution is 2.26. The molecule has 0 saturated carbocycles. The summed E-state index contributed by atoms with van der Waals surface area (Å²) in [6.07, 6.45) is 3.13. The molecule has 3 heterocycles. The van der Waals surface area contributed by atoms with E-state index < -0.39 is 6.04 Å². The number of aromatic nitrogens is 6. The van der Waals surface area contributed by atoms with Crippen molar-refractivity contribution in [3.63, 3.8) is 0 Å². The highest BCUT2D eigenvalue weighted by Gasteiger charge is 2.22. The number of nitrogens with one attached hydrogen (secondary N) is 2. The van der Waals surface area contributed by atoms with Gasteiger partial charge in [-0.1, -0.05) is 18.2 Å². The lowest BCUT2D eigenvalue weighted by molar-refractivity contribution is -0.124. The number of carbonyl (C=O) groups excluding carboxylic acids is 1. The fourth-order valence-electron chi connectivity index (χ4n) is 3.04. The predicted octanol–water partition coefficient (Wildman–Crippen LogP) is 3.69. The van der Waals surface area contributed by atoms with Crippen LogP contribution in [0.4, 0.5) is 0 Å². The van der Waals surface area contributed by atoms with Gasteiger partial charge < -0.3 is 5.32 Å². The number of rotatable bonds is 6. The van der Waals surface area contributed by atoms with E-state index in [4.69, 9.17) is 12.2 Å². The minimum Gasteiger partial charge on any atom is -0.348 e. The second kappa shape index (κ2) is 8.10. The molecule has 10 heteroatoms. The van der Waals surface area contributed by atoms with Crippen molar-refractivity contribution < 1.29 is 4.79 Å². The molecule has 2 atom stereocenters. The van der Waals surface area contributed by atoms with E-state index in [1.54, 1.807) is 26.9 Å². The third kappa shape index (κ3) is 3.89. The Balaban J connectivity index is 1.49. The number of amides is 1. The normalized spacial score (nSPS) is 13.2. The molecule has 2 unspecified atom stereocenters. The molecule has 0 aliphatic carbocycles. The largest absolute Gasteiger partial charge is 0.348 e. The fourth-order valence-corrected chi connectivity index (χ4v) is 4.04. The molecular formula is C19H19N7OS2. The smallest absolute Gasteiger partial charge is 0.243 e. The molecule has 148 valence electrons. The van der Waals surface area contributed by atoms with Crippen molar-refractivity contribution in [3.05, 3.63) is 64.8 Å². The highest BCUT2D eigenvalue weighted by molar-refractivity contribution is 7.71. The number of benzene rings is 1. The van der Waals surface area contributed by atoms with Crippen LogP contribution in [0.25, 0.3) is 16.4 Å². The first-order valence-corrected chi connectivity index (χ1v) is 10.3. The van der Waals surface area contributed by atoms with Crippen molar-refractivity contribution in [1.82, 2.24) is 34.8 Å². The van der Waals surface area contributed by atoms with Gasteiger partial charge in [0.15, 0.2) is 10.6 Å². The third-order valence-corrected chi connectivity index (χ3v) is 5.80. The zero-order valence-corrected chi connectivity index (χ0v) is 17.4. The molecule has 3 aromatic heterocycles. The van der Waals surface area contributed by atoms with Gasteiger partial charge in [-0.2, -0.15) is 10.2 Å². The molecule has 0 aliphatic rings. The Morgan fingerprint density at radius 1 is 1.24 bits per heavy atom. The quantitative estimate of drug-likeness (QED) is 0.460. The van der Waals surface area contributed by atoms with E-state index in [-0.39, 0.29) is 11.9 Å². The second-order valence-electron chi connectivity index (χ2n) is 6.54. The first-order valence-electron chi connectivity index (χ1n) is 9.00. The van der Waals surface area contributed by atoms with E-state index in [0.29, 0.717) is 10.6 Å². The monoisotopic (exact) mass is 425 g/mol. The van der Waals surface area contributed by atoms with E-state index in [2.05, 4.69) is 25.6 Å². The Kier molecular flexibility index (Phi) is 5.36. The molecule has 0 fully saturated rings. The number of H-pyrrole nitrogens is 1. The zero-order chi connectivity index (χ0) is 20.4. The van der Waals surface area contributed by atoms with Crippen LogP contribution < -0.4 is 5.32 Å². The van der Waals surface area contributed by atoms with Gasteiger partial charge in [0.1, 0.15) is 18.7 Å². The standard InChI is InChI=1S/C19H19N7OS2/c1-12(14-5-7-15(8-6-14)25-11-20-10-21-25)22-18(27)13(2)26-17(23-24-19(26)28)16-4-3-9-29-16/h3-13H,1-2H3,(H,22,27)(H,24,28). The summed E-state index contributed by atoms with van der Waals surface area (Å²) in [5.41, 5.74) is 1.90. The maximum Gasteiger partial charge on any atom is 0.243 e. The Morgan fingerprint density at radius 2 is 2.03 bits per heavy atom. The van der Waals surface area contributed by atoms with Crippen molar-refractivity contribution in [2.45, 2.75) is 25.9 Å². The van der Waals surface area contributed by atoms with Gasteiger partial charge in [0.25, 0.3) is 0 Å². The van der Waals surface area contributed by atoms with E-state index in [1.165, 1.54) is 6.33 Å². The summed E-state index contributed by atoms with van der Waals surface area (Å²) < 4.78 is 3.85. The summed E-state index contributed by atoms with van der Waals surface area (Å²) in [5.74, 6) is 0.533. The van der Waals surface area contributed by atoms with E-state index in [1.807, 2.05) is 55.6 Å². The summed E-state index contributed by atoms with van der Waals surface area (Å²) >= 11 is 6.91. The lowest BCUT2D eigenvalue weighted by Gasteiger charge is -2.20. The minimum atomic E-state index is -0.504. The lowest BCUT2D eigenvalue weighted by atomic mass is 10.1. The molecule has 0 radical (unpaired) electrons. The summed E-state index contributed by atoms with van der Waals surface area (Å²) in [5, 5.41) is 16.2. The number of hydrogen-bond donors (Lipinski definition) is 2. The van der Waals surface area contributed by atoms with Crippen LogP contribution >= 0.6 is 23.6 Å². The fraction of sp³-hybridized carbons (Fsp3) is 0.211. The van der Waals surface area contributed by atoms with Crippen LogP contribution in [0.3, 0.4) is 0 Å². The Hall–Kier alpha value is -3.11. The Morgan fingerprint density at radius 3 is 2.69 bits per heavy atom. The molecular weight excluding hydrogens is 406 g/mol. The SMILES string of the molecule is CC(NC(=O)C(C)n1c(-c2cccs2)n[nH]c1=S)c1ccc(-n2cncn2)cc1. The molecule has 2 N–H and O–H groups in total. The van der Waals surface area contributed by atoms with Crippen molar-refractivity contribution in [3.8, 4) is 16.4 Å². The van der Waals surface area contributed by atoms with Gasteiger partial charge in [0.05, 0.1) is 16.6 Å². The maximum absolute atomic E-state index is 12.9. The first kappa shape index (κ1) is 19.2. The number of carbonyl (C=O) groups is 1. The van der Waals surface area contributed by atoms with Crippen LogP contribution in [-0.2, 0) is 4.79 Å². The van der Waals surface area contributed by atoms with Crippen LogP contribution in [-0.4, -0.2) is 35.4 Å². The van der Waals surface area contributed by atoms with Gasteiger partial charge in [-0.3, -0.25) is 14.5 Å². The number of thiophene rings is 1. The average molecular weight is 426 g/mol. The summed E-state index contributed by atoms with van der Waals surface area (Å²) in [7, 11) is 0. The van der Waals surface area contributed by atoms with Crippen molar-refractivity contribution in [2.75, 3.05) is 0 Å². The molecule has 0 aliphatic heterocycles. The van der Waals surface area contributed by atoms with E-state index in [9.17, 15) is 4.79 Å². The molecule has 29 heavy (non-hydrogen) atoms. The minimum absolute atomic E-state index is 0.131. The number of aromatic amines is 1. The average Bonchev–Trinajstić information content (AvgIpc) is 3.49. The van der Waals surface area contributed by atoms with E-state index >= 15 is 0 Å². The Bertz CT molecular complexity index is 1140. The lowest BCUT2D eigenvalue weighted by Crippen LogP contribution is -2.33. The van der Waals surface area contributed by atoms with Gasteiger partial charge in [-0.15, -0.1) is 11.3 Å². The van der Waals surface area contributed by atoms with Crippen LogP contribution in [0, 0.1) is 4.77 Å². The van der Waals surface area contributed by atoms with Crippen LogP contribution in [0.5, 0.6) is 0 Å². The first-order chi connectivity index (χ1) is 14.0. The Labute approximate surface area is 176 Å². The molecule has 8 nitrogen and oxygen atoms in total. The summed E-state index contributed by atoms with van der Waals surface area (Å²) in [6.45, 7) is 3.77. The molecule has 1 aromatic carbocycles. The predicted molar refractivity (Wildman–Crippen MR) is 113 cm³/mol. The molecule has 0 bridgehead atoms. The maximum atomic E-state index is 12.9.